The van der Waals surface area contributed by atoms with Crippen molar-refractivity contribution in [2.45, 2.75) is 25.7 Å². The minimum Gasteiger partial charge on any atom is -0.497 e. The van der Waals surface area contributed by atoms with E-state index in [1.807, 2.05) is 6.07 Å². The van der Waals surface area contributed by atoms with E-state index in [2.05, 4.69) is 12.1 Å². The first kappa shape index (κ1) is 11.0. The van der Waals surface area contributed by atoms with Gasteiger partial charge in [0.05, 0.1) is 7.11 Å². The van der Waals surface area contributed by atoms with Crippen molar-refractivity contribution in [2.24, 2.45) is 11.7 Å². The fourth-order valence-electron chi connectivity index (χ4n) is 2.39. The van der Waals surface area contributed by atoms with Gasteiger partial charge in [0.25, 0.3) is 0 Å². The van der Waals surface area contributed by atoms with Gasteiger partial charge in [0.1, 0.15) is 5.75 Å². The van der Waals surface area contributed by atoms with Crippen molar-refractivity contribution in [3.63, 3.8) is 0 Å². The van der Waals surface area contributed by atoms with Gasteiger partial charge in [-0.2, -0.15) is 0 Å². The summed E-state index contributed by atoms with van der Waals surface area (Å²) >= 11 is 0. The molecule has 86 valence electrons. The molecule has 1 aromatic carbocycles. The van der Waals surface area contributed by atoms with Crippen molar-refractivity contribution in [1.29, 1.82) is 0 Å². The molecular formula is C13H17NO2. The number of hydrogen-bond donors (Lipinski definition) is 1. The number of fused-ring (bicyclic) bond motifs is 1. The van der Waals surface area contributed by atoms with Crippen LogP contribution in [-0.4, -0.2) is 13.0 Å². The highest BCUT2D eigenvalue weighted by molar-refractivity contribution is 5.74. The van der Waals surface area contributed by atoms with Gasteiger partial charge in [-0.15, -0.1) is 0 Å². The second-order valence-corrected chi connectivity index (χ2v) is 4.41. The summed E-state index contributed by atoms with van der Waals surface area (Å²) in [6, 6.07) is 6.17. The first-order chi connectivity index (χ1) is 7.69. The molecule has 3 heteroatoms. The van der Waals surface area contributed by atoms with Crippen LogP contribution in [-0.2, 0) is 17.6 Å². The number of benzene rings is 1. The van der Waals surface area contributed by atoms with E-state index in [9.17, 15) is 4.79 Å². The van der Waals surface area contributed by atoms with Crippen molar-refractivity contribution in [2.75, 3.05) is 7.11 Å². The molecule has 0 heterocycles. The van der Waals surface area contributed by atoms with Gasteiger partial charge in [-0.3, -0.25) is 4.79 Å². The van der Waals surface area contributed by atoms with Crippen LogP contribution in [0.25, 0.3) is 0 Å². The highest BCUT2D eigenvalue weighted by Crippen LogP contribution is 2.29. The minimum absolute atomic E-state index is 0.193. The van der Waals surface area contributed by atoms with Gasteiger partial charge < -0.3 is 10.5 Å². The summed E-state index contributed by atoms with van der Waals surface area (Å²) in [5.74, 6) is 1.13. The second kappa shape index (κ2) is 4.56. The van der Waals surface area contributed by atoms with Crippen LogP contribution in [0, 0.1) is 5.92 Å². The summed E-state index contributed by atoms with van der Waals surface area (Å²) in [5, 5.41) is 0. The molecule has 16 heavy (non-hydrogen) atoms. The molecule has 1 aliphatic carbocycles. The van der Waals surface area contributed by atoms with Gasteiger partial charge in [-0.25, -0.2) is 0 Å². The van der Waals surface area contributed by atoms with E-state index in [0.717, 1.165) is 25.0 Å². The average molecular weight is 219 g/mol. The molecule has 0 aliphatic heterocycles. The molecule has 0 saturated carbocycles. The molecule has 2 N–H and O–H groups in total. The van der Waals surface area contributed by atoms with Crippen molar-refractivity contribution < 1.29 is 9.53 Å². The first-order valence-corrected chi connectivity index (χ1v) is 5.63. The Labute approximate surface area is 95.6 Å². The van der Waals surface area contributed by atoms with E-state index in [0.29, 0.717) is 12.3 Å². The van der Waals surface area contributed by atoms with E-state index in [-0.39, 0.29) is 5.91 Å². The molecule has 0 bridgehead atoms. The number of amides is 1. The Morgan fingerprint density at radius 2 is 2.31 bits per heavy atom. The molecule has 1 aromatic rings. The topological polar surface area (TPSA) is 52.3 Å². The summed E-state index contributed by atoms with van der Waals surface area (Å²) in [7, 11) is 1.68. The molecular weight excluding hydrogens is 202 g/mol. The Morgan fingerprint density at radius 3 is 3.00 bits per heavy atom. The van der Waals surface area contributed by atoms with Crippen LogP contribution in [0.5, 0.6) is 5.75 Å². The number of methoxy groups -OCH3 is 1. The maximum atomic E-state index is 10.9. The van der Waals surface area contributed by atoms with Crippen LogP contribution in [0.4, 0.5) is 0 Å². The molecule has 0 radical (unpaired) electrons. The zero-order chi connectivity index (χ0) is 11.5. The SMILES string of the molecule is COc1ccc2c(c1)CCC(CC(N)=O)C2. The van der Waals surface area contributed by atoms with Crippen molar-refractivity contribution in [1.82, 2.24) is 0 Å². The average Bonchev–Trinajstić information content (AvgIpc) is 2.27. The number of aryl methyl sites for hydroxylation is 1. The summed E-state index contributed by atoms with van der Waals surface area (Å²) in [4.78, 5) is 10.9. The highest BCUT2D eigenvalue weighted by atomic mass is 16.5. The standard InChI is InChI=1S/C13H17NO2/c1-16-12-5-4-10-6-9(7-13(14)15)2-3-11(10)8-12/h4-5,8-9H,2-3,6-7H2,1H3,(H2,14,15). The van der Waals surface area contributed by atoms with E-state index >= 15 is 0 Å². The Bertz CT molecular complexity index is 401. The number of carbonyl (C=O) groups is 1. The monoisotopic (exact) mass is 219 g/mol. The summed E-state index contributed by atoms with van der Waals surface area (Å²) in [5.41, 5.74) is 7.91. The molecule has 1 unspecified atom stereocenters. The fraction of sp³-hybridized carbons (Fsp3) is 0.462. The van der Waals surface area contributed by atoms with Crippen molar-refractivity contribution in [3.8, 4) is 5.75 Å². The highest BCUT2D eigenvalue weighted by Gasteiger charge is 2.20. The van der Waals surface area contributed by atoms with Gasteiger partial charge in [0.15, 0.2) is 0 Å². The van der Waals surface area contributed by atoms with Gasteiger partial charge in [-0.1, -0.05) is 6.07 Å². The number of rotatable bonds is 3. The number of carbonyl (C=O) groups excluding carboxylic acids is 1. The normalized spacial score (nSPS) is 18.9. The molecule has 0 aromatic heterocycles. The zero-order valence-corrected chi connectivity index (χ0v) is 9.53. The van der Waals surface area contributed by atoms with E-state index in [4.69, 9.17) is 10.5 Å². The Kier molecular flexibility index (Phi) is 3.13. The lowest BCUT2D eigenvalue weighted by atomic mass is 9.82. The Hall–Kier alpha value is -1.51. The van der Waals surface area contributed by atoms with E-state index in [1.54, 1.807) is 7.11 Å². The molecule has 1 aliphatic rings. The summed E-state index contributed by atoms with van der Waals surface area (Å²) < 4.78 is 5.20. The second-order valence-electron chi connectivity index (χ2n) is 4.41. The van der Waals surface area contributed by atoms with Gasteiger partial charge in [0, 0.05) is 6.42 Å². The molecule has 0 spiro atoms. The third-order valence-electron chi connectivity index (χ3n) is 3.23. The maximum absolute atomic E-state index is 10.9. The smallest absolute Gasteiger partial charge is 0.217 e. The number of hydrogen-bond acceptors (Lipinski definition) is 2. The third-order valence-corrected chi connectivity index (χ3v) is 3.23. The lowest BCUT2D eigenvalue weighted by molar-refractivity contribution is -0.119. The van der Waals surface area contributed by atoms with E-state index < -0.39 is 0 Å². The predicted molar refractivity (Wildman–Crippen MR) is 62.3 cm³/mol. The molecule has 1 atom stereocenters. The number of nitrogens with two attached hydrogens (primary N) is 1. The summed E-state index contributed by atoms with van der Waals surface area (Å²) in [6.07, 6.45) is 3.53. The van der Waals surface area contributed by atoms with E-state index in [1.165, 1.54) is 11.1 Å². The van der Waals surface area contributed by atoms with Gasteiger partial charge in [0.2, 0.25) is 5.91 Å². The van der Waals surface area contributed by atoms with Crippen molar-refractivity contribution >= 4 is 5.91 Å². The van der Waals surface area contributed by atoms with Gasteiger partial charge >= 0.3 is 0 Å². The number of primary amides is 1. The molecule has 3 nitrogen and oxygen atoms in total. The zero-order valence-electron chi connectivity index (χ0n) is 9.53. The summed E-state index contributed by atoms with van der Waals surface area (Å²) in [6.45, 7) is 0. The lowest BCUT2D eigenvalue weighted by Gasteiger charge is -2.23. The Morgan fingerprint density at radius 1 is 1.50 bits per heavy atom. The Balaban J connectivity index is 2.12. The van der Waals surface area contributed by atoms with Crippen LogP contribution in [0.3, 0.4) is 0 Å². The first-order valence-electron chi connectivity index (χ1n) is 5.63. The van der Waals surface area contributed by atoms with Crippen LogP contribution in [0.2, 0.25) is 0 Å². The molecule has 2 rings (SSSR count). The van der Waals surface area contributed by atoms with Crippen molar-refractivity contribution in [3.05, 3.63) is 29.3 Å². The maximum Gasteiger partial charge on any atom is 0.217 e. The number of ether oxygens (including phenoxy) is 1. The molecule has 0 saturated heterocycles. The van der Waals surface area contributed by atoms with Gasteiger partial charge in [-0.05, 0) is 48.4 Å². The molecule has 0 fully saturated rings. The van der Waals surface area contributed by atoms with Crippen LogP contribution >= 0.6 is 0 Å². The quantitative estimate of drug-likeness (QED) is 0.840. The fourth-order valence-corrected chi connectivity index (χ4v) is 2.39. The van der Waals surface area contributed by atoms with Crippen LogP contribution < -0.4 is 10.5 Å². The van der Waals surface area contributed by atoms with Crippen LogP contribution in [0.15, 0.2) is 18.2 Å². The molecule has 1 amide bonds. The lowest BCUT2D eigenvalue weighted by Crippen LogP contribution is -2.21. The van der Waals surface area contributed by atoms with Crippen LogP contribution in [0.1, 0.15) is 24.0 Å². The largest absolute Gasteiger partial charge is 0.497 e. The predicted octanol–water partition coefficient (Wildman–Crippen LogP) is 1.68. The minimum atomic E-state index is -0.193. The third kappa shape index (κ3) is 2.35.